The molecule has 0 aliphatic heterocycles. The van der Waals surface area contributed by atoms with E-state index in [9.17, 15) is 0 Å². The summed E-state index contributed by atoms with van der Waals surface area (Å²) in [5, 5.41) is 0. The van der Waals surface area contributed by atoms with Gasteiger partial charge in [0.05, 0.1) is 0 Å². The van der Waals surface area contributed by atoms with Gasteiger partial charge in [0, 0.05) is 0 Å². The van der Waals surface area contributed by atoms with E-state index in [0.717, 1.165) is 0 Å². The first kappa shape index (κ1) is 24.0. The van der Waals surface area contributed by atoms with E-state index >= 15 is 0 Å². The van der Waals surface area contributed by atoms with Crippen molar-refractivity contribution in [1.82, 2.24) is 0 Å². The van der Waals surface area contributed by atoms with E-state index in [-0.39, 0.29) is 17.1 Å². The molecule has 0 spiro atoms. The second-order valence-electron chi connectivity index (χ2n) is 0.567. The molecule has 1 radical (unpaired) electrons. The standard InChI is InChI=1S/3BrO3.Fe/c3*2-1(3)4;/q3*-1;+3. The molecule has 0 atom stereocenters. The molecule has 0 bridgehead atoms. The summed E-state index contributed by atoms with van der Waals surface area (Å²) in [4.78, 5) is 0. The van der Waals surface area contributed by atoms with Crippen LogP contribution in [0.5, 0.6) is 0 Å². The van der Waals surface area contributed by atoms with Crippen molar-refractivity contribution >= 4 is 0 Å². The van der Waals surface area contributed by atoms with Gasteiger partial charge < -0.3 is 37.8 Å². The third-order valence-electron chi connectivity index (χ3n) is 0. The molecule has 0 N–H and O–H groups in total. The maximum atomic E-state index is 8.52. The molecular weight excluding hydrogens is 440 g/mol. The van der Waals surface area contributed by atoms with Crippen molar-refractivity contribution in [3.05, 3.63) is 0 Å². The number of halogens is 3. The normalized spacial score (nSPS) is 8.31. The van der Waals surface area contributed by atoms with Gasteiger partial charge in [-0.1, -0.05) is 0 Å². The minimum atomic E-state index is -3.65. The number of hydrogen-bond acceptors (Lipinski definition) is 9. The molecule has 0 rings (SSSR count). The fourth-order valence-electron chi connectivity index (χ4n) is 0. The molecule has 13 heavy (non-hydrogen) atoms. The Morgan fingerprint density at radius 2 is 0.385 bits per heavy atom. The van der Waals surface area contributed by atoms with E-state index in [1.165, 1.54) is 0 Å². The van der Waals surface area contributed by atoms with Crippen LogP contribution in [-0.2, 0) is 17.1 Å². The molecule has 83 valence electrons. The van der Waals surface area contributed by atoms with Crippen LogP contribution < -0.4 is 37.8 Å². The van der Waals surface area contributed by atoms with Gasteiger partial charge in [-0.3, -0.25) is 0 Å². The Labute approximate surface area is 98.8 Å². The van der Waals surface area contributed by atoms with Gasteiger partial charge in [-0.15, -0.1) is 0 Å². The topological polar surface area (TPSA) is 208 Å². The Hall–Kier alpha value is 1.60. The quantitative estimate of drug-likeness (QED) is 0.328. The maximum absolute atomic E-state index is 8.52. The van der Waals surface area contributed by atoms with E-state index in [1.54, 1.807) is 0 Å². The zero-order valence-electron chi connectivity index (χ0n) is 5.16. The van der Waals surface area contributed by atoms with Gasteiger partial charge in [0.25, 0.3) is 0 Å². The van der Waals surface area contributed by atoms with Crippen LogP contribution in [0.25, 0.3) is 0 Å². The van der Waals surface area contributed by atoms with Gasteiger partial charge in [0.15, 0.2) is 0 Å². The third kappa shape index (κ3) is 715. The summed E-state index contributed by atoms with van der Waals surface area (Å²) in [5.41, 5.74) is 0. The molecular formula is Br3FeO9. The average Bonchev–Trinajstić information content (AvgIpc) is 1.54. The molecule has 0 unspecified atom stereocenters. The first-order valence-electron chi connectivity index (χ1n) is 1.39. The van der Waals surface area contributed by atoms with Gasteiger partial charge in [-0.25, -0.2) is 0 Å². The molecule has 0 aliphatic rings. The molecule has 0 aromatic carbocycles. The second-order valence-corrected chi connectivity index (χ2v) is 2.95. The van der Waals surface area contributed by atoms with Gasteiger partial charge in [-0.05, 0) is 0 Å². The SMILES string of the molecule is [Fe+3].[O-][Br+2]([O-])[O-].[O-][Br+2]([O-])[O-].[O-][Br+2]([O-])[O-]. The number of hydrogen-bond donors (Lipinski definition) is 0. The molecule has 0 aliphatic carbocycles. The van der Waals surface area contributed by atoms with Crippen LogP contribution in [0, 0.1) is 44.4 Å². The largest absolute Gasteiger partial charge is 3.00 e. The predicted octanol–water partition coefficient (Wildman–Crippen LogP) is -10.7. The van der Waals surface area contributed by atoms with Crippen molar-refractivity contribution in [2.24, 2.45) is 0 Å². The molecule has 0 aromatic heterocycles. The summed E-state index contributed by atoms with van der Waals surface area (Å²) < 4.78 is 76.7. The van der Waals surface area contributed by atoms with Crippen LogP contribution in [0.2, 0.25) is 0 Å². The van der Waals surface area contributed by atoms with Crippen molar-refractivity contribution in [2.45, 2.75) is 0 Å². The third-order valence-corrected chi connectivity index (χ3v) is 0. The van der Waals surface area contributed by atoms with Crippen LogP contribution in [0.1, 0.15) is 0 Å². The van der Waals surface area contributed by atoms with Gasteiger partial charge in [0.1, 0.15) is 0 Å². The van der Waals surface area contributed by atoms with Crippen LogP contribution in [0.4, 0.5) is 0 Å². The zero-order valence-corrected chi connectivity index (χ0v) is 11.0. The van der Waals surface area contributed by atoms with E-state index in [0.29, 0.717) is 0 Å². The van der Waals surface area contributed by atoms with Gasteiger partial charge in [0.2, 0.25) is 44.4 Å². The fraction of sp³-hybridized carbons (Fsp3) is 0. The summed E-state index contributed by atoms with van der Waals surface area (Å²) in [5.74, 6) is 0. The Morgan fingerprint density at radius 3 is 0.385 bits per heavy atom. The van der Waals surface area contributed by atoms with Crippen molar-refractivity contribution in [3.8, 4) is 0 Å². The maximum Gasteiger partial charge on any atom is 3.00 e. The van der Waals surface area contributed by atoms with Crippen LogP contribution in [0.3, 0.4) is 0 Å². The first-order valence-corrected chi connectivity index (χ1v) is 7.22. The smallest absolute Gasteiger partial charge is 0.405 e. The number of rotatable bonds is 0. The second kappa shape index (κ2) is 19.2. The molecule has 0 aromatic rings. The Bertz CT molecular complexity index is 43.4. The van der Waals surface area contributed by atoms with Crippen molar-refractivity contribution in [1.29, 1.82) is 0 Å². The predicted molar refractivity (Wildman–Crippen MR) is 0 cm³/mol. The Balaban J connectivity index is -0.0000000450. The molecule has 0 fully saturated rings. The van der Waals surface area contributed by atoms with Gasteiger partial charge in [-0.2, -0.15) is 0 Å². The zero-order chi connectivity index (χ0) is 10.7. The summed E-state index contributed by atoms with van der Waals surface area (Å²) in [6, 6.07) is 0. The van der Waals surface area contributed by atoms with E-state index in [1.807, 2.05) is 0 Å². The Morgan fingerprint density at radius 1 is 0.385 bits per heavy atom. The van der Waals surface area contributed by atoms with Crippen LogP contribution >= 0.6 is 0 Å². The van der Waals surface area contributed by atoms with Crippen molar-refractivity contribution in [3.63, 3.8) is 0 Å². The summed E-state index contributed by atoms with van der Waals surface area (Å²) >= 11 is -10.9. The monoisotopic (exact) mass is 437 g/mol. The summed E-state index contributed by atoms with van der Waals surface area (Å²) in [6.45, 7) is 0. The van der Waals surface area contributed by atoms with E-state index < -0.39 is 44.4 Å². The first-order chi connectivity index (χ1) is 5.20. The minimum absolute atomic E-state index is 0. The molecule has 0 saturated carbocycles. The molecule has 13 heteroatoms. The van der Waals surface area contributed by atoms with Crippen LogP contribution in [-0.4, -0.2) is 0 Å². The van der Waals surface area contributed by atoms with E-state index in [2.05, 4.69) is 0 Å². The summed E-state index contributed by atoms with van der Waals surface area (Å²) in [6.07, 6.45) is 0. The average molecular weight is 440 g/mol. The summed E-state index contributed by atoms with van der Waals surface area (Å²) in [7, 11) is 0. The molecule has 9 nitrogen and oxygen atoms in total. The molecule has 0 saturated heterocycles. The molecule has 0 amide bonds. The minimum Gasteiger partial charge on any atom is -0.405 e. The fourth-order valence-corrected chi connectivity index (χ4v) is 0. The van der Waals surface area contributed by atoms with Crippen molar-refractivity contribution in [2.75, 3.05) is 0 Å². The van der Waals surface area contributed by atoms with Crippen molar-refractivity contribution < 1.29 is 99.3 Å². The van der Waals surface area contributed by atoms with Gasteiger partial charge >= 0.3 is 17.1 Å². The Kier molecular flexibility index (Phi) is 35.5. The molecule has 0 heterocycles. The van der Waals surface area contributed by atoms with E-state index in [4.69, 9.17) is 37.8 Å². The van der Waals surface area contributed by atoms with Crippen LogP contribution in [0.15, 0.2) is 0 Å².